The smallest absolute Gasteiger partial charge is 0.308 e. The van der Waals surface area contributed by atoms with Gasteiger partial charge in [0.05, 0.1) is 33.4 Å². The molecule has 0 bridgehead atoms. The molecule has 37 heavy (non-hydrogen) atoms. The molecule has 0 atom stereocenters. The molecule has 3 aromatic carbocycles. The number of nitrogens with zero attached hydrogens (tertiary/aromatic N) is 4. The van der Waals surface area contributed by atoms with Crippen molar-refractivity contribution in [2.24, 2.45) is 0 Å². The highest BCUT2D eigenvalue weighted by atomic mass is 19.4. The van der Waals surface area contributed by atoms with E-state index in [9.17, 15) is 31.6 Å². The maximum Gasteiger partial charge on any atom is 0.416 e. The first-order valence-corrected chi connectivity index (χ1v) is 11.0. The zero-order valence-corrected chi connectivity index (χ0v) is 19.3. The second kappa shape index (κ2) is 8.34. The molecule has 2 aromatic heterocycles. The molecule has 2 heterocycles. The van der Waals surface area contributed by atoms with E-state index in [0.717, 1.165) is 24.3 Å². The summed E-state index contributed by atoms with van der Waals surface area (Å²) in [6.07, 6.45) is -9.36. The molecular formula is C27H16F6N4. The van der Waals surface area contributed by atoms with Crippen molar-refractivity contribution in [3.05, 3.63) is 88.7 Å². The van der Waals surface area contributed by atoms with Gasteiger partial charge in [-0.05, 0) is 62.4 Å². The first kappa shape index (κ1) is 24.3. The van der Waals surface area contributed by atoms with E-state index in [-0.39, 0.29) is 22.3 Å². The summed E-state index contributed by atoms with van der Waals surface area (Å²) in [7, 11) is 0. The Morgan fingerprint density at radius 3 is 1.68 bits per heavy atom. The van der Waals surface area contributed by atoms with Crippen molar-refractivity contribution >= 4 is 21.8 Å². The van der Waals surface area contributed by atoms with Crippen LogP contribution in [0.15, 0.2) is 60.7 Å². The summed E-state index contributed by atoms with van der Waals surface area (Å²) in [6.45, 7) is 3.54. The number of halogens is 6. The number of hydrogen-bond acceptors (Lipinski definition) is 3. The number of aromatic nitrogens is 3. The molecule has 0 spiro atoms. The zero-order valence-electron chi connectivity index (χ0n) is 19.3. The Labute approximate surface area is 206 Å². The first-order valence-electron chi connectivity index (χ1n) is 11.0. The largest absolute Gasteiger partial charge is 0.416 e. The molecule has 10 heteroatoms. The topological polar surface area (TPSA) is 54.5 Å². The summed E-state index contributed by atoms with van der Waals surface area (Å²) in [5, 5.41) is 10.5. The zero-order chi connectivity index (χ0) is 26.7. The summed E-state index contributed by atoms with van der Waals surface area (Å²) in [5.41, 5.74) is 0.0702. The highest BCUT2D eigenvalue weighted by molar-refractivity contribution is 6.10. The molecule has 0 fully saturated rings. The lowest BCUT2D eigenvalue weighted by Crippen LogP contribution is -2.06. The van der Waals surface area contributed by atoms with E-state index in [1.54, 1.807) is 26.0 Å². The van der Waals surface area contributed by atoms with Gasteiger partial charge in [-0.15, -0.1) is 0 Å². The number of hydrogen-bond donors (Lipinski definition) is 0. The van der Waals surface area contributed by atoms with Crippen molar-refractivity contribution in [3.8, 4) is 23.1 Å². The van der Waals surface area contributed by atoms with Gasteiger partial charge in [0.2, 0.25) is 0 Å². The molecule has 0 amide bonds. The second-order valence-corrected chi connectivity index (χ2v) is 8.61. The Morgan fingerprint density at radius 1 is 0.703 bits per heavy atom. The van der Waals surface area contributed by atoms with Gasteiger partial charge in [0.15, 0.2) is 5.82 Å². The lowest BCUT2D eigenvalue weighted by atomic mass is 10.1. The Balaban J connectivity index is 1.91. The van der Waals surface area contributed by atoms with E-state index in [1.165, 1.54) is 28.8 Å². The quantitative estimate of drug-likeness (QED) is 0.228. The standard InChI is InChI=1S/C27H16F6N4/c1-14-9-15(2)36-25(35-14)16-3-4-17(13-34)22(10-16)37-23-11-18(26(28,29)30)5-7-20(23)21-8-6-19(12-24(21)37)27(31,32)33/h3-12H,1-2H3. The number of fused-ring (bicyclic) bond motifs is 3. The SMILES string of the molecule is Cc1cc(C)nc(-c2ccc(C#N)c(-n3c4cc(C(F)(F)F)ccc4c4ccc(C(F)(F)F)cc43)c2)n1. The van der Waals surface area contributed by atoms with Crippen LogP contribution in [0.1, 0.15) is 28.1 Å². The average Bonchev–Trinajstić information content (AvgIpc) is 3.15. The van der Waals surface area contributed by atoms with Crippen molar-refractivity contribution < 1.29 is 26.3 Å². The minimum Gasteiger partial charge on any atom is -0.308 e. The predicted octanol–water partition coefficient (Wildman–Crippen LogP) is 7.77. The first-order chi connectivity index (χ1) is 17.4. The van der Waals surface area contributed by atoms with Gasteiger partial charge >= 0.3 is 12.4 Å². The molecule has 0 aliphatic rings. The molecule has 5 aromatic rings. The number of alkyl halides is 6. The van der Waals surface area contributed by atoms with Gasteiger partial charge in [0.1, 0.15) is 6.07 Å². The van der Waals surface area contributed by atoms with E-state index >= 15 is 0 Å². The molecule has 0 N–H and O–H groups in total. The number of benzene rings is 3. The van der Waals surface area contributed by atoms with Gasteiger partial charge in [0.25, 0.3) is 0 Å². The number of rotatable bonds is 2. The molecule has 0 radical (unpaired) electrons. The number of nitriles is 1. The molecule has 186 valence electrons. The van der Waals surface area contributed by atoms with E-state index < -0.39 is 23.5 Å². The normalized spacial score (nSPS) is 12.3. The third kappa shape index (κ3) is 4.27. The highest BCUT2D eigenvalue weighted by Crippen LogP contribution is 2.40. The van der Waals surface area contributed by atoms with Crippen molar-refractivity contribution in [2.75, 3.05) is 0 Å². The van der Waals surface area contributed by atoms with E-state index in [0.29, 0.717) is 33.5 Å². The van der Waals surface area contributed by atoms with Gasteiger partial charge in [-0.25, -0.2) is 9.97 Å². The molecule has 0 unspecified atom stereocenters. The summed E-state index contributed by atoms with van der Waals surface area (Å²) >= 11 is 0. The van der Waals surface area contributed by atoms with Crippen molar-refractivity contribution in [3.63, 3.8) is 0 Å². The maximum absolute atomic E-state index is 13.6. The van der Waals surface area contributed by atoms with Crippen LogP contribution >= 0.6 is 0 Å². The van der Waals surface area contributed by atoms with Crippen LogP contribution in [0.4, 0.5) is 26.3 Å². The van der Waals surface area contributed by atoms with Gasteiger partial charge in [-0.3, -0.25) is 0 Å². The van der Waals surface area contributed by atoms with Crippen LogP contribution in [0.5, 0.6) is 0 Å². The van der Waals surface area contributed by atoms with Crippen LogP contribution in [0, 0.1) is 25.2 Å². The van der Waals surface area contributed by atoms with E-state index in [4.69, 9.17) is 0 Å². The number of aryl methyl sites for hydroxylation is 2. The van der Waals surface area contributed by atoms with Gasteiger partial charge in [-0.2, -0.15) is 31.6 Å². The molecule has 0 aliphatic heterocycles. The molecule has 5 rings (SSSR count). The second-order valence-electron chi connectivity index (χ2n) is 8.61. The Morgan fingerprint density at radius 2 is 1.22 bits per heavy atom. The highest BCUT2D eigenvalue weighted by Gasteiger charge is 2.33. The summed E-state index contributed by atoms with van der Waals surface area (Å²) in [6, 6.07) is 14.3. The molecule has 0 saturated carbocycles. The van der Waals surface area contributed by atoms with Crippen molar-refractivity contribution in [1.82, 2.24) is 14.5 Å². The third-order valence-corrected chi connectivity index (χ3v) is 6.02. The van der Waals surface area contributed by atoms with Crippen LogP contribution < -0.4 is 0 Å². The van der Waals surface area contributed by atoms with E-state index in [1.807, 2.05) is 6.07 Å². The molecular weight excluding hydrogens is 494 g/mol. The van der Waals surface area contributed by atoms with Crippen LogP contribution in [0.2, 0.25) is 0 Å². The van der Waals surface area contributed by atoms with Crippen LogP contribution in [0.3, 0.4) is 0 Å². The average molecular weight is 510 g/mol. The van der Waals surface area contributed by atoms with Crippen LogP contribution in [-0.2, 0) is 12.4 Å². The Bertz CT molecular complexity index is 1650. The summed E-state index contributed by atoms with van der Waals surface area (Å²) in [5.74, 6) is 0.316. The lowest BCUT2D eigenvalue weighted by Gasteiger charge is -2.14. The lowest BCUT2D eigenvalue weighted by molar-refractivity contribution is -0.138. The fraction of sp³-hybridized carbons (Fsp3) is 0.148. The fourth-order valence-electron chi connectivity index (χ4n) is 4.44. The fourth-order valence-corrected chi connectivity index (χ4v) is 4.44. The van der Waals surface area contributed by atoms with Gasteiger partial charge < -0.3 is 4.57 Å². The molecule has 0 saturated heterocycles. The van der Waals surface area contributed by atoms with Gasteiger partial charge in [0, 0.05) is 27.7 Å². The molecule has 0 aliphatic carbocycles. The summed E-state index contributed by atoms with van der Waals surface area (Å²) in [4.78, 5) is 8.80. The Kier molecular flexibility index (Phi) is 5.48. The maximum atomic E-state index is 13.6. The van der Waals surface area contributed by atoms with Crippen LogP contribution in [-0.4, -0.2) is 14.5 Å². The third-order valence-electron chi connectivity index (χ3n) is 6.02. The van der Waals surface area contributed by atoms with Crippen LogP contribution in [0.25, 0.3) is 38.9 Å². The predicted molar refractivity (Wildman–Crippen MR) is 126 cm³/mol. The Hall–Kier alpha value is -4.39. The summed E-state index contributed by atoms with van der Waals surface area (Å²) < 4.78 is 82.9. The minimum absolute atomic E-state index is 0.0131. The minimum atomic E-state index is -4.68. The monoisotopic (exact) mass is 510 g/mol. The van der Waals surface area contributed by atoms with E-state index in [2.05, 4.69) is 9.97 Å². The van der Waals surface area contributed by atoms with Crippen molar-refractivity contribution in [1.29, 1.82) is 5.26 Å². The molecule has 4 nitrogen and oxygen atoms in total. The van der Waals surface area contributed by atoms with Crippen molar-refractivity contribution in [2.45, 2.75) is 26.2 Å². The van der Waals surface area contributed by atoms with Gasteiger partial charge in [-0.1, -0.05) is 12.1 Å².